The molecule has 1 fully saturated rings. The molecule has 134 valence electrons. The van der Waals surface area contributed by atoms with Crippen LogP contribution in [0.4, 0.5) is 13.2 Å². The summed E-state index contributed by atoms with van der Waals surface area (Å²) in [6.07, 6.45) is -4.87. The number of rotatable bonds is 3. The normalized spacial score (nSPS) is 18.4. The van der Waals surface area contributed by atoms with Gasteiger partial charge in [-0.15, -0.1) is 13.2 Å². The van der Waals surface area contributed by atoms with Crippen LogP contribution in [0.15, 0.2) is 24.3 Å². The maximum Gasteiger partial charge on any atom is 0.573 e. The fourth-order valence-electron chi connectivity index (χ4n) is 2.66. The minimum Gasteiger partial charge on any atom is -0.480 e. The predicted octanol–water partition coefficient (Wildman–Crippen LogP) is 1.99. The highest BCUT2D eigenvalue weighted by Gasteiger charge is 2.35. The van der Waals surface area contributed by atoms with Gasteiger partial charge in [-0.1, -0.05) is 6.07 Å². The van der Waals surface area contributed by atoms with Crippen molar-refractivity contribution in [3.8, 4) is 5.75 Å². The zero-order chi connectivity index (χ0) is 18.2. The summed E-state index contributed by atoms with van der Waals surface area (Å²) in [6.45, 7) is 0.0962. The number of carbonyl (C=O) groups excluding carboxylic acids is 1. The summed E-state index contributed by atoms with van der Waals surface area (Å²) in [5, 5.41) is 9.26. The molecule has 1 aliphatic rings. The van der Waals surface area contributed by atoms with Crippen molar-refractivity contribution in [2.75, 3.05) is 19.8 Å². The molecule has 7 nitrogen and oxygen atoms in total. The number of morpholine rings is 1. The summed E-state index contributed by atoms with van der Waals surface area (Å²) in [5.41, 5.74) is 0.242. The van der Waals surface area contributed by atoms with E-state index < -0.39 is 30.0 Å². The molecule has 2 N–H and O–H groups in total. The fourth-order valence-corrected chi connectivity index (χ4v) is 2.66. The van der Waals surface area contributed by atoms with E-state index in [0.29, 0.717) is 0 Å². The van der Waals surface area contributed by atoms with Gasteiger partial charge in [0.25, 0.3) is 5.91 Å². The van der Waals surface area contributed by atoms with Crippen LogP contribution in [-0.2, 0) is 9.53 Å². The predicted molar refractivity (Wildman–Crippen MR) is 78.3 cm³/mol. The van der Waals surface area contributed by atoms with Crippen LogP contribution in [0.3, 0.4) is 0 Å². The van der Waals surface area contributed by atoms with Crippen molar-refractivity contribution >= 4 is 22.8 Å². The van der Waals surface area contributed by atoms with E-state index in [1.165, 1.54) is 18.2 Å². The summed E-state index contributed by atoms with van der Waals surface area (Å²) < 4.78 is 46.5. The van der Waals surface area contributed by atoms with Gasteiger partial charge in [0.05, 0.1) is 13.2 Å². The number of carboxylic acids is 1. The van der Waals surface area contributed by atoms with Crippen molar-refractivity contribution in [3.63, 3.8) is 0 Å². The summed E-state index contributed by atoms with van der Waals surface area (Å²) in [7, 11) is 0. The number of alkyl halides is 3. The Morgan fingerprint density at radius 3 is 2.80 bits per heavy atom. The smallest absolute Gasteiger partial charge is 0.480 e. The molecule has 3 rings (SSSR count). The van der Waals surface area contributed by atoms with Gasteiger partial charge in [0, 0.05) is 17.4 Å². The third kappa shape index (κ3) is 3.53. The first-order chi connectivity index (χ1) is 11.8. The van der Waals surface area contributed by atoms with Gasteiger partial charge in [0.2, 0.25) is 0 Å². The van der Waals surface area contributed by atoms with Gasteiger partial charge in [-0.3, -0.25) is 4.79 Å². The number of aromatic amines is 1. The van der Waals surface area contributed by atoms with Crippen molar-refractivity contribution in [3.05, 3.63) is 30.0 Å². The molecule has 1 aromatic carbocycles. The molecule has 1 aliphatic heterocycles. The number of aliphatic carboxylic acids is 1. The molecule has 0 aliphatic carbocycles. The SMILES string of the molecule is O=C(O)[C@@H]1COCCN1C(=O)c1cc2c(OC(F)(F)F)cccc2[nH]1. The molecule has 0 spiro atoms. The van der Waals surface area contributed by atoms with Crippen molar-refractivity contribution in [2.24, 2.45) is 0 Å². The van der Waals surface area contributed by atoms with Crippen molar-refractivity contribution in [2.45, 2.75) is 12.4 Å². The number of hydrogen-bond donors (Lipinski definition) is 2. The zero-order valence-electron chi connectivity index (χ0n) is 12.7. The quantitative estimate of drug-likeness (QED) is 0.876. The van der Waals surface area contributed by atoms with E-state index >= 15 is 0 Å². The Hall–Kier alpha value is -2.75. The topological polar surface area (TPSA) is 91.9 Å². The molecular weight excluding hydrogens is 345 g/mol. The van der Waals surface area contributed by atoms with Crippen LogP contribution >= 0.6 is 0 Å². The Balaban J connectivity index is 1.94. The van der Waals surface area contributed by atoms with Gasteiger partial charge in [0.15, 0.2) is 6.04 Å². The van der Waals surface area contributed by atoms with Gasteiger partial charge >= 0.3 is 12.3 Å². The van der Waals surface area contributed by atoms with Gasteiger partial charge < -0.3 is 24.5 Å². The molecule has 1 aromatic heterocycles. The Bertz CT molecular complexity index is 817. The number of fused-ring (bicyclic) bond motifs is 1. The van der Waals surface area contributed by atoms with E-state index in [0.717, 1.165) is 11.0 Å². The second-order valence-corrected chi connectivity index (χ2v) is 5.38. The monoisotopic (exact) mass is 358 g/mol. The van der Waals surface area contributed by atoms with E-state index in [-0.39, 0.29) is 36.4 Å². The van der Waals surface area contributed by atoms with Crippen LogP contribution in [0.25, 0.3) is 10.9 Å². The fraction of sp³-hybridized carbons (Fsp3) is 0.333. The number of nitrogens with one attached hydrogen (secondary N) is 1. The molecule has 10 heteroatoms. The zero-order valence-corrected chi connectivity index (χ0v) is 12.7. The van der Waals surface area contributed by atoms with E-state index in [1.807, 2.05) is 0 Å². The lowest BCUT2D eigenvalue weighted by Crippen LogP contribution is -2.52. The number of H-pyrrole nitrogens is 1. The van der Waals surface area contributed by atoms with Gasteiger partial charge in [-0.25, -0.2) is 4.79 Å². The van der Waals surface area contributed by atoms with Crippen LogP contribution in [0, 0.1) is 0 Å². The highest BCUT2D eigenvalue weighted by molar-refractivity contribution is 6.01. The third-order valence-corrected chi connectivity index (χ3v) is 3.75. The first-order valence-electron chi connectivity index (χ1n) is 7.25. The van der Waals surface area contributed by atoms with Gasteiger partial charge in [-0.05, 0) is 18.2 Å². The van der Waals surface area contributed by atoms with Crippen LogP contribution < -0.4 is 4.74 Å². The Morgan fingerprint density at radius 1 is 1.36 bits per heavy atom. The number of carboxylic acid groups (broad SMARTS) is 1. The Morgan fingerprint density at radius 2 is 2.12 bits per heavy atom. The number of benzene rings is 1. The average molecular weight is 358 g/mol. The molecule has 1 amide bonds. The molecule has 2 aromatic rings. The number of amides is 1. The summed E-state index contributed by atoms with van der Waals surface area (Å²) in [6, 6.07) is 4.03. The molecule has 0 unspecified atom stereocenters. The van der Waals surface area contributed by atoms with Crippen LogP contribution in [0.5, 0.6) is 5.75 Å². The molecule has 1 saturated heterocycles. The highest BCUT2D eigenvalue weighted by Crippen LogP contribution is 2.31. The maximum absolute atomic E-state index is 12.6. The van der Waals surface area contributed by atoms with E-state index in [1.54, 1.807) is 0 Å². The summed E-state index contributed by atoms with van der Waals surface area (Å²) in [4.78, 5) is 27.7. The maximum atomic E-state index is 12.6. The highest BCUT2D eigenvalue weighted by atomic mass is 19.4. The van der Waals surface area contributed by atoms with Crippen molar-refractivity contribution < 1.29 is 37.3 Å². The second-order valence-electron chi connectivity index (χ2n) is 5.38. The van der Waals surface area contributed by atoms with Crippen LogP contribution in [-0.4, -0.2) is 59.0 Å². The number of carbonyl (C=O) groups is 2. The molecule has 0 radical (unpaired) electrons. The van der Waals surface area contributed by atoms with Crippen LogP contribution in [0.2, 0.25) is 0 Å². The van der Waals surface area contributed by atoms with E-state index in [2.05, 4.69) is 9.72 Å². The minimum absolute atomic E-state index is 0.0265. The van der Waals surface area contributed by atoms with Crippen molar-refractivity contribution in [1.82, 2.24) is 9.88 Å². The number of halogens is 3. The largest absolute Gasteiger partial charge is 0.573 e. The third-order valence-electron chi connectivity index (χ3n) is 3.75. The number of ether oxygens (including phenoxy) is 2. The second kappa shape index (κ2) is 6.28. The Labute approximate surface area is 138 Å². The average Bonchev–Trinajstić information content (AvgIpc) is 2.98. The Kier molecular flexibility index (Phi) is 4.29. The number of hydrogen-bond acceptors (Lipinski definition) is 4. The minimum atomic E-state index is -4.87. The van der Waals surface area contributed by atoms with Gasteiger partial charge in [-0.2, -0.15) is 0 Å². The lowest BCUT2D eigenvalue weighted by molar-refractivity contribution is -0.274. The number of aromatic nitrogens is 1. The van der Waals surface area contributed by atoms with Crippen LogP contribution in [0.1, 0.15) is 10.5 Å². The molecule has 1 atom stereocenters. The first-order valence-corrected chi connectivity index (χ1v) is 7.25. The van der Waals surface area contributed by atoms with Crippen molar-refractivity contribution in [1.29, 1.82) is 0 Å². The van der Waals surface area contributed by atoms with E-state index in [4.69, 9.17) is 4.74 Å². The summed E-state index contributed by atoms with van der Waals surface area (Å²) in [5.74, 6) is -2.30. The standard InChI is InChI=1S/C15H13F3N2O5/c16-15(17,18)25-12-3-1-2-9-8(12)6-10(19-9)13(21)20-4-5-24-7-11(20)14(22)23/h1-3,6,11,19H,4-5,7H2,(H,22,23)/t11-/m0/s1. The molecule has 25 heavy (non-hydrogen) atoms. The summed E-state index contributed by atoms with van der Waals surface area (Å²) >= 11 is 0. The molecule has 0 saturated carbocycles. The molecule has 2 heterocycles. The number of nitrogens with zero attached hydrogens (tertiary/aromatic N) is 1. The van der Waals surface area contributed by atoms with E-state index in [9.17, 15) is 27.9 Å². The first kappa shape index (κ1) is 17.1. The molecular formula is C15H13F3N2O5. The molecule has 0 bridgehead atoms. The van der Waals surface area contributed by atoms with Gasteiger partial charge in [0.1, 0.15) is 11.4 Å². The lowest BCUT2D eigenvalue weighted by Gasteiger charge is -2.32. The lowest BCUT2D eigenvalue weighted by atomic mass is 10.2.